The molecule has 3 fully saturated rings. The summed E-state index contributed by atoms with van der Waals surface area (Å²) in [5.74, 6) is 5.27. The maximum absolute atomic E-state index is 6.06. The first-order valence-corrected chi connectivity index (χ1v) is 11.4. The Kier molecular flexibility index (Phi) is 7.50. The normalized spacial score (nSPS) is 41.2. The van der Waals surface area contributed by atoms with Crippen molar-refractivity contribution in [3.63, 3.8) is 0 Å². The first-order chi connectivity index (χ1) is 11.8. The smallest absolute Gasteiger partial charge is 0.0575 e. The Morgan fingerprint density at radius 3 is 1.50 bits per heavy atom. The predicted octanol–water partition coefficient (Wildman–Crippen LogP) is 6.99. The van der Waals surface area contributed by atoms with Gasteiger partial charge in [0.25, 0.3) is 0 Å². The summed E-state index contributed by atoms with van der Waals surface area (Å²) in [5.41, 5.74) is 0. The van der Waals surface area contributed by atoms with Crippen molar-refractivity contribution in [1.82, 2.24) is 0 Å². The third-order valence-corrected chi connectivity index (χ3v) is 7.78. The highest BCUT2D eigenvalue weighted by Gasteiger charge is 2.34. The van der Waals surface area contributed by atoms with Gasteiger partial charge in [-0.3, -0.25) is 0 Å². The Hall–Kier alpha value is -0.0400. The molecule has 0 N–H and O–H groups in total. The number of unbranched alkanes of at least 4 members (excludes halogenated alkanes) is 1. The fourth-order valence-electron chi connectivity index (χ4n) is 5.97. The van der Waals surface area contributed by atoms with Gasteiger partial charge in [0.15, 0.2) is 0 Å². The summed E-state index contributed by atoms with van der Waals surface area (Å²) < 4.78 is 6.06. The van der Waals surface area contributed by atoms with Gasteiger partial charge in [-0.05, 0) is 100 Å². The van der Waals surface area contributed by atoms with Crippen LogP contribution in [0.1, 0.15) is 104 Å². The molecule has 0 aliphatic heterocycles. The van der Waals surface area contributed by atoms with E-state index < -0.39 is 0 Å². The van der Waals surface area contributed by atoms with Crippen LogP contribution in [0, 0.1) is 29.6 Å². The van der Waals surface area contributed by atoms with Crippen molar-refractivity contribution in [3.8, 4) is 0 Å². The topological polar surface area (TPSA) is 9.23 Å². The van der Waals surface area contributed by atoms with Crippen molar-refractivity contribution in [2.45, 2.75) is 110 Å². The lowest BCUT2D eigenvalue weighted by Gasteiger charge is -2.41. The molecule has 0 unspecified atom stereocenters. The molecule has 0 saturated heterocycles. The van der Waals surface area contributed by atoms with Gasteiger partial charge >= 0.3 is 0 Å². The van der Waals surface area contributed by atoms with Gasteiger partial charge in [-0.2, -0.15) is 0 Å². The minimum absolute atomic E-state index is 0.591. The molecular formula is C23H42O. The third-order valence-electron chi connectivity index (χ3n) is 7.78. The molecule has 0 heterocycles. The summed E-state index contributed by atoms with van der Waals surface area (Å²) in [4.78, 5) is 0. The van der Waals surface area contributed by atoms with Crippen LogP contribution in [0.25, 0.3) is 0 Å². The lowest BCUT2D eigenvalue weighted by atomic mass is 9.65. The van der Waals surface area contributed by atoms with Gasteiger partial charge in [0, 0.05) is 6.61 Å². The number of hydrogen-bond acceptors (Lipinski definition) is 1. The fourth-order valence-corrected chi connectivity index (χ4v) is 5.97. The average molecular weight is 335 g/mol. The summed E-state index contributed by atoms with van der Waals surface area (Å²) in [6.07, 6.45) is 21.0. The Morgan fingerprint density at radius 2 is 1.04 bits per heavy atom. The Bertz CT molecular complexity index is 328. The highest BCUT2D eigenvalue weighted by molar-refractivity contribution is 4.85. The van der Waals surface area contributed by atoms with Crippen LogP contribution in [-0.4, -0.2) is 12.7 Å². The summed E-state index contributed by atoms with van der Waals surface area (Å²) in [5, 5.41) is 0. The van der Waals surface area contributed by atoms with E-state index in [1.54, 1.807) is 25.7 Å². The van der Waals surface area contributed by atoms with Crippen LogP contribution < -0.4 is 0 Å². The van der Waals surface area contributed by atoms with Crippen LogP contribution in [0.4, 0.5) is 0 Å². The van der Waals surface area contributed by atoms with E-state index in [1.165, 1.54) is 64.2 Å². The van der Waals surface area contributed by atoms with Crippen LogP contribution in [-0.2, 0) is 4.74 Å². The molecule has 0 aromatic carbocycles. The zero-order valence-corrected chi connectivity index (χ0v) is 16.5. The maximum atomic E-state index is 6.06. The van der Waals surface area contributed by atoms with E-state index in [0.29, 0.717) is 6.10 Å². The lowest BCUT2D eigenvalue weighted by molar-refractivity contribution is 0.00432. The molecule has 0 aromatic heterocycles. The van der Waals surface area contributed by atoms with Gasteiger partial charge in [-0.15, -0.1) is 0 Å². The monoisotopic (exact) mass is 334 g/mol. The molecular weight excluding hydrogens is 292 g/mol. The molecule has 24 heavy (non-hydrogen) atoms. The van der Waals surface area contributed by atoms with E-state index >= 15 is 0 Å². The van der Waals surface area contributed by atoms with E-state index in [0.717, 1.165) is 36.2 Å². The summed E-state index contributed by atoms with van der Waals surface area (Å²) in [6.45, 7) is 5.71. The van der Waals surface area contributed by atoms with Crippen LogP contribution in [0.2, 0.25) is 0 Å². The Labute approximate surface area is 151 Å². The second kappa shape index (κ2) is 9.60. The highest BCUT2D eigenvalue weighted by Crippen LogP contribution is 2.45. The molecule has 3 saturated carbocycles. The van der Waals surface area contributed by atoms with Crippen molar-refractivity contribution >= 4 is 0 Å². The van der Waals surface area contributed by atoms with Gasteiger partial charge < -0.3 is 4.74 Å². The maximum Gasteiger partial charge on any atom is 0.0575 e. The molecule has 0 atom stereocenters. The average Bonchev–Trinajstić information content (AvgIpc) is 2.63. The SMILES string of the molecule is CCCCOC1CCC(C2CCC(C3CCC(C)CC3)CC2)CC1. The molecule has 0 amide bonds. The molecule has 3 rings (SSSR count). The largest absolute Gasteiger partial charge is 0.378 e. The van der Waals surface area contributed by atoms with E-state index in [4.69, 9.17) is 4.74 Å². The van der Waals surface area contributed by atoms with Crippen LogP contribution in [0.5, 0.6) is 0 Å². The predicted molar refractivity (Wildman–Crippen MR) is 103 cm³/mol. The van der Waals surface area contributed by atoms with Gasteiger partial charge in [-0.1, -0.05) is 33.1 Å². The number of ether oxygens (including phenoxy) is 1. The van der Waals surface area contributed by atoms with Gasteiger partial charge in [0.05, 0.1) is 6.10 Å². The minimum Gasteiger partial charge on any atom is -0.378 e. The first-order valence-electron chi connectivity index (χ1n) is 11.4. The van der Waals surface area contributed by atoms with Crippen LogP contribution in [0.3, 0.4) is 0 Å². The molecule has 0 spiro atoms. The van der Waals surface area contributed by atoms with E-state index in [9.17, 15) is 0 Å². The molecule has 0 aromatic rings. The summed E-state index contributed by atoms with van der Waals surface area (Å²) in [6, 6.07) is 0. The molecule has 1 heteroatoms. The van der Waals surface area contributed by atoms with Crippen molar-refractivity contribution in [2.24, 2.45) is 29.6 Å². The minimum atomic E-state index is 0.591. The standard InChI is InChI=1S/C23H42O/c1-3-4-17-24-23-15-13-22(14-16-23)21-11-9-20(10-12-21)19-7-5-18(2)6-8-19/h18-23H,3-17H2,1-2H3. The molecule has 140 valence electrons. The molecule has 3 aliphatic rings. The molecule has 0 bridgehead atoms. The van der Waals surface area contributed by atoms with Crippen LogP contribution in [0.15, 0.2) is 0 Å². The number of rotatable bonds is 6. The van der Waals surface area contributed by atoms with Gasteiger partial charge in [0.2, 0.25) is 0 Å². The first kappa shape index (κ1) is 18.7. The number of hydrogen-bond donors (Lipinski definition) is 0. The second-order valence-electron chi connectivity index (χ2n) is 9.46. The quantitative estimate of drug-likeness (QED) is 0.475. The van der Waals surface area contributed by atoms with E-state index in [2.05, 4.69) is 13.8 Å². The Morgan fingerprint density at radius 1 is 0.625 bits per heavy atom. The fraction of sp³-hybridized carbons (Fsp3) is 1.00. The van der Waals surface area contributed by atoms with Crippen molar-refractivity contribution in [2.75, 3.05) is 6.61 Å². The summed E-state index contributed by atoms with van der Waals surface area (Å²) >= 11 is 0. The zero-order chi connectivity index (χ0) is 16.8. The van der Waals surface area contributed by atoms with Gasteiger partial charge in [-0.25, -0.2) is 0 Å². The third kappa shape index (κ3) is 5.23. The zero-order valence-electron chi connectivity index (χ0n) is 16.5. The van der Waals surface area contributed by atoms with Crippen molar-refractivity contribution < 1.29 is 4.74 Å². The van der Waals surface area contributed by atoms with Crippen molar-refractivity contribution in [3.05, 3.63) is 0 Å². The van der Waals surface area contributed by atoms with Crippen molar-refractivity contribution in [1.29, 1.82) is 0 Å². The molecule has 1 nitrogen and oxygen atoms in total. The second-order valence-corrected chi connectivity index (χ2v) is 9.46. The Balaban J connectivity index is 1.34. The summed E-state index contributed by atoms with van der Waals surface area (Å²) in [7, 11) is 0. The molecule has 0 radical (unpaired) electrons. The van der Waals surface area contributed by atoms with Gasteiger partial charge in [0.1, 0.15) is 0 Å². The molecule has 3 aliphatic carbocycles. The van der Waals surface area contributed by atoms with E-state index in [1.807, 2.05) is 0 Å². The van der Waals surface area contributed by atoms with E-state index in [-0.39, 0.29) is 0 Å². The highest BCUT2D eigenvalue weighted by atomic mass is 16.5. The van der Waals surface area contributed by atoms with Crippen LogP contribution >= 0.6 is 0 Å². The lowest BCUT2D eigenvalue weighted by Crippen LogP contribution is -2.31.